The first kappa shape index (κ1) is 23.3. The van der Waals surface area contributed by atoms with Gasteiger partial charge in [0.1, 0.15) is 5.75 Å². The summed E-state index contributed by atoms with van der Waals surface area (Å²) in [6.07, 6.45) is 0. The van der Waals surface area contributed by atoms with Gasteiger partial charge in [-0.05, 0) is 30.3 Å². The molecule has 13 nitrogen and oxygen atoms in total. The summed E-state index contributed by atoms with van der Waals surface area (Å²) < 4.78 is 5.61. The average molecular weight is 467 g/mol. The molecule has 3 aromatic carbocycles. The molecule has 3 N–H and O–H groups in total. The fraction of sp³-hybridized carbons (Fsp3) is 0. The van der Waals surface area contributed by atoms with Gasteiger partial charge in [-0.1, -0.05) is 12.1 Å². The number of aromatic carboxylic acids is 2. The topological polar surface area (TPSA) is 199 Å². The number of para-hydroxylation sites is 2. The van der Waals surface area contributed by atoms with Gasteiger partial charge in [0.05, 0.1) is 38.3 Å². The number of benzene rings is 3. The molecular formula is C21H13N3O10. The maximum absolute atomic E-state index is 12.7. The molecule has 0 saturated heterocycles. The number of carbonyl (C=O) groups excluding carboxylic acids is 1. The Hall–Kier alpha value is -5.33. The number of nitrogens with one attached hydrogen (secondary N) is 1. The quantitative estimate of drug-likeness (QED) is 0.322. The Bertz CT molecular complexity index is 1320. The normalized spacial score (nSPS) is 10.2. The van der Waals surface area contributed by atoms with Gasteiger partial charge in [-0.2, -0.15) is 0 Å². The lowest BCUT2D eigenvalue weighted by Gasteiger charge is -2.13. The molecule has 172 valence electrons. The van der Waals surface area contributed by atoms with E-state index in [-0.39, 0.29) is 22.7 Å². The first-order valence-corrected chi connectivity index (χ1v) is 9.19. The van der Waals surface area contributed by atoms with E-state index in [0.29, 0.717) is 6.07 Å². The molecule has 0 radical (unpaired) electrons. The standard InChI is InChI=1S/C21H13N3O10/c25-19(11-7-12(23(30)31)9-13(8-11)24(32)33)22-17-3-1-2-4-18(17)34-14-5-6-15(20(26)27)16(10-14)21(28)29/h1-10H,(H,22,25)(H,26,27)(H,28,29). The molecule has 0 aromatic heterocycles. The molecule has 3 rings (SSSR count). The van der Waals surface area contributed by atoms with Gasteiger partial charge in [-0.15, -0.1) is 0 Å². The summed E-state index contributed by atoms with van der Waals surface area (Å²) in [4.78, 5) is 55.6. The molecule has 3 aromatic rings. The van der Waals surface area contributed by atoms with Crippen molar-refractivity contribution in [1.29, 1.82) is 0 Å². The van der Waals surface area contributed by atoms with E-state index in [4.69, 9.17) is 9.84 Å². The summed E-state index contributed by atoms with van der Waals surface area (Å²) in [6, 6.07) is 11.6. The smallest absolute Gasteiger partial charge is 0.336 e. The summed E-state index contributed by atoms with van der Waals surface area (Å²) in [5.74, 6) is -3.86. The second-order valence-corrected chi connectivity index (χ2v) is 6.62. The van der Waals surface area contributed by atoms with Crippen LogP contribution in [0.1, 0.15) is 31.1 Å². The Morgan fingerprint density at radius 3 is 1.94 bits per heavy atom. The van der Waals surface area contributed by atoms with Crippen LogP contribution in [0.5, 0.6) is 11.5 Å². The molecule has 0 heterocycles. The summed E-state index contributed by atoms with van der Waals surface area (Å²) in [7, 11) is 0. The highest BCUT2D eigenvalue weighted by Crippen LogP contribution is 2.31. The van der Waals surface area contributed by atoms with E-state index in [0.717, 1.165) is 24.3 Å². The summed E-state index contributed by atoms with van der Waals surface area (Å²) in [5.41, 5.74) is -2.56. The first-order valence-electron chi connectivity index (χ1n) is 9.19. The van der Waals surface area contributed by atoms with Crippen LogP contribution < -0.4 is 10.1 Å². The van der Waals surface area contributed by atoms with Crippen molar-refractivity contribution in [3.63, 3.8) is 0 Å². The van der Waals surface area contributed by atoms with Crippen LogP contribution in [-0.4, -0.2) is 37.9 Å². The zero-order valence-corrected chi connectivity index (χ0v) is 16.8. The number of nitro benzene ring substituents is 2. The number of carboxylic acid groups (broad SMARTS) is 2. The molecule has 0 saturated carbocycles. The Morgan fingerprint density at radius 1 is 0.794 bits per heavy atom. The van der Waals surface area contributed by atoms with Crippen molar-refractivity contribution in [2.24, 2.45) is 0 Å². The Morgan fingerprint density at radius 2 is 1.38 bits per heavy atom. The molecule has 1 amide bonds. The third-order valence-electron chi connectivity index (χ3n) is 4.40. The van der Waals surface area contributed by atoms with Gasteiger partial charge in [0.2, 0.25) is 0 Å². The molecule has 0 fully saturated rings. The van der Waals surface area contributed by atoms with Gasteiger partial charge in [0.15, 0.2) is 5.75 Å². The van der Waals surface area contributed by atoms with Gasteiger partial charge in [0.25, 0.3) is 17.3 Å². The Labute approximate surface area is 189 Å². The van der Waals surface area contributed by atoms with Crippen molar-refractivity contribution in [1.82, 2.24) is 0 Å². The molecule has 34 heavy (non-hydrogen) atoms. The summed E-state index contributed by atoms with van der Waals surface area (Å²) in [5, 5.41) is 42.9. The van der Waals surface area contributed by atoms with Gasteiger partial charge >= 0.3 is 11.9 Å². The highest BCUT2D eigenvalue weighted by molar-refractivity contribution is 6.06. The van der Waals surface area contributed by atoms with Gasteiger partial charge in [0, 0.05) is 12.1 Å². The average Bonchev–Trinajstić information content (AvgIpc) is 2.79. The van der Waals surface area contributed by atoms with E-state index in [1.807, 2.05) is 0 Å². The van der Waals surface area contributed by atoms with E-state index in [1.54, 1.807) is 0 Å². The second kappa shape index (κ2) is 9.44. The van der Waals surface area contributed by atoms with Gasteiger partial charge < -0.3 is 20.3 Å². The third kappa shape index (κ3) is 5.11. The van der Waals surface area contributed by atoms with Crippen LogP contribution in [0.25, 0.3) is 0 Å². The van der Waals surface area contributed by atoms with Crippen molar-refractivity contribution >= 4 is 34.9 Å². The highest BCUT2D eigenvalue weighted by Gasteiger charge is 2.21. The fourth-order valence-corrected chi connectivity index (χ4v) is 2.87. The predicted octanol–water partition coefficient (Wildman–Crippen LogP) is 3.94. The monoisotopic (exact) mass is 467 g/mol. The lowest BCUT2D eigenvalue weighted by Crippen LogP contribution is -2.13. The van der Waals surface area contributed by atoms with Crippen LogP contribution in [0.15, 0.2) is 60.7 Å². The van der Waals surface area contributed by atoms with Gasteiger partial charge in [-0.3, -0.25) is 25.0 Å². The molecular weight excluding hydrogens is 454 g/mol. The highest BCUT2D eigenvalue weighted by atomic mass is 16.6. The number of hydrogen-bond acceptors (Lipinski definition) is 8. The number of ether oxygens (including phenoxy) is 1. The number of non-ortho nitro benzene ring substituents is 2. The van der Waals surface area contributed by atoms with E-state index < -0.39 is 50.2 Å². The van der Waals surface area contributed by atoms with Crippen molar-refractivity contribution in [3.05, 3.63) is 97.6 Å². The summed E-state index contributed by atoms with van der Waals surface area (Å²) in [6.45, 7) is 0. The van der Waals surface area contributed by atoms with Gasteiger partial charge in [-0.25, -0.2) is 9.59 Å². The minimum Gasteiger partial charge on any atom is -0.478 e. The molecule has 0 aliphatic carbocycles. The van der Waals surface area contributed by atoms with Crippen molar-refractivity contribution < 1.29 is 39.2 Å². The van der Waals surface area contributed by atoms with E-state index in [2.05, 4.69) is 5.32 Å². The number of rotatable bonds is 8. The number of carbonyl (C=O) groups is 3. The minimum absolute atomic E-state index is 0.0233. The van der Waals surface area contributed by atoms with Crippen LogP contribution in [0.2, 0.25) is 0 Å². The maximum atomic E-state index is 12.7. The Kier molecular flexibility index (Phi) is 6.48. The largest absolute Gasteiger partial charge is 0.478 e. The second-order valence-electron chi connectivity index (χ2n) is 6.62. The number of carboxylic acids is 2. The molecule has 0 spiro atoms. The molecule has 0 bridgehead atoms. The zero-order valence-electron chi connectivity index (χ0n) is 16.8. The number of anilines is 1. The number of hydrogen-bond donors (Lipinski definition) is 3. The van der Waals surface area contributed by atoms with E-state index in [1.165, 1.54) is 30.3 Å². The molecule has 0 aliphatic rings. The van der Waals surface area contributed by atoms with Crippen LogP contribution in [0, 0.1) is 20.2 Å². The lowest BCUT2D eigenvalue weighted by atomic mass is 10.1. The van der Waals surface area contributed by atoms with Crippen LogP contribution >= 0.6 is 0 Å². The van der Waals surface area contributed by atoms with Crippen LogP contribution in [0.3, 0.4) is 0 Å². The SMILES string of the molecule is O=C(Nc1ccccc1Oc1ccc(C(=O)O)c(C(=O)O)c1)c1cc([N+](=O)[O-])cc([N+](=O)[O-])c1. The van der Waals surface area contributed by atoms with Crippen LogP contribution in [-0.2, 0) is 0 Å². The molecule has 13 heteroatoms. The van der Waals surface area contributed by atoms with E-state index >= 15 is 0 Å². The van der Waals surface area contributed by atoms with E-state index in [9.17, 15) is 39.7 Å². The molecule has 0 aliphatic heterocycles. The predicted molar refractivity (Wildman–Crippen MR) is 115 cm³/mol. The first-order chi connectivity index (χ1) is 16.1. The number of amides is 1. The van der Waals surface area contributed by atoms with Crippen molar-refractivity contribution in [2.75, 3.05) is 5.32 Å². The van der Waals surface area contributed by atoms with Crippen LogP contribution in [0.4, 0.5) is 17.1 Å². The Balaban J connectivity index is 1.93. The van der Waals surface area contributed by atoms with Crippen molar-refractivity contribution in [3.8, 4) is 11.5 Å². The lowest BCUT2D eigenvalue weighted by molar-refractivity contribution is -0.394. The number of nitrogens with zero attached hydrogens (tertiary/aromatic N) is 2. The molecule has 0 unspecified atom stereocenters. The maximum Gasteiger partial charge on any atom is 0.336 e. The zero-order chi connectivity index (χ0) is 25.0. The fourth-order valence-electron chi connectivity index (χ4n) is 2.87. The summed E-state index contributed by atoms with van der Waals surface area (Å²) >= 11 is 0. The molecule has 0 atom stereocenters. The number of nitro groups is 2. The third-order valence-corrected chi connectivity index (χ3v) is 4.40. The minimum atomic E-state index is -1.49. The van der Waals surface area contributed by atoms with Crippen molar-refractivity contribution in [2.45, 2.75) is 0 Å².